The average Bonchev–Trinajstić information content (AvgIpc) is 2.48. The van der Waals surface area contributed by atoms with Gasteiger partial charge in [-0.3, -0.25) is 0 Å². The molecular weight excluding hydrogens is 260 g/mol. The molecule has 1 aromatic carbocycles. The van der Waals surface area contributed by atoms with Crippen LogP contribution in [0.2, 0.25) is 0 Å². The van der Waals surface area contributed by atoms with Crippen LogP contribution in [0.5, 0.6) is 0 Å². The van der Waals surface area contributed by atoms with Crippen LogP contribution in [0.15, 0.2) is 30.3 Å². The highest BCUT2D eigenvalue weighted by Gasteiger charge is 2.14. The minimum absolute atomic E-state index is 0.457. The van der Waals surface area contributed by atoms with Crippen LogP contribution in [0.4, 0.5) is 5.82 Å². The standard InChI is InChI=1S/C17H22N4/c1-12-5-7-14(8-6-12)17-19-13(2)10-16(21-17)20-15-4-3-9-18-11-15/h5-8,10,15,18H,3-4,9,11H2,1-2H3,(H,19,20,21). The van der Waals surface area contributed by atoms with Crippen molar-refractivity contribution in [3.8, 4) is 11.4 Å². The van der Waals surface area contributed by atoms with Gasteiger partial charge in [0.1, 0.15) is 5.82 Å². The van der Waals surface area contributed by atoms with Crippen molar-refractivity contribution in [2.24, 2.45) is 0 Å². The van der Waals surface area contributed by atoms with Crippen molar-refractivity contribution < 1.29 is 0 Å². The Morgan fingerprint density at radius 2 is 1.95 bits per heavy atom. The quantitative estimate of drug-likeness (QED) is 0.909. The fraction of sp³-hybridized carbons (Fsp3) is 0.412. The molecular formula is C17H22N4. The van der Waals surface area contributed by atoms with Gasteiger partial charge in [-0.15, -0.1) is 0 Å². The van der Waals surface area contributed by atoms with Crippen molar-refractivity contribution in [1.82, 2.24) is 15.3 Å². The Labute approximate surface area is 126 Å². The van der Waals surface area contributed by atoms with Gasteiger partial charge in [0.05, 0.1) is 0 Å². The Balaban J connectivity index is 1.83. The Bertz CT molecular complexity index is 601. The van der Waals surface area contributed by atoms with Gasteiger partial charge < -0.3 is 10.6 Å². The molecule has 21 heavy (non-hydrogen) atoms. The first kappa shape index (κ1) is 14.0. The molecule has 1 saturated heterocycles. The Kier molecular flexibility index (Phi) is 4.15. The molecule has 1 atom stereocenters. The van der Waals surface area contributed by atoms with Crippen LogP contribution < -0.4 is 10.6 Å². The number of hydrogen-bond donors (Lipinski definition) is 2. The number of nitrogens with one attached hydrogen (secondary N) is 2. The first-order valence-corrected chi connectivity index (χ1v) is 7.61. The van der Waals surface area contributed by atoms with E-state index in [1.165, 1.54) is 18.4 Å². The number of anilines is 1. The topological polar surface area (TPSA) is 49.8 Å². The van der Waals surface area contributed by atoms with Gasteiger partial charge in [-0.2, -0.15) is 0 Å². The third-order valence-corrected chi connectivity index (χ3v) is 3.81. The van der Waals surface area contributed by atoms with E-state index in [9.17, 15) is 0 Å². The summed E-state index contributed by atoms with van der Waals surface area (Å²) in [5.41, 5.74) is 3.30. The second-order valence-corrected chi connectivity index (χ2v) is 5.77. The molecule has 0 bridgehead atoms. The molecule has 2 heterocycles. The molecule has 1 aliphatic rings. The summed E-state index contributed by atoms with van der Waals surface area (Å²) < 4.78 is 0. The van der Waals surface area contributed by atoms with Crippen molar-refractivity contribution in [3.05, 3.63) is 41.6 Å². The van der Waals surface area contributed by atoms with E-state index in [0.29, 0.717) is 6.04 Å². The van der Waals surface area contributed by atoms with Crippen molar-refractivity contribution >= 4 is 5.82 Å². The summed E-state index contributed by atoms with van der Waals surface area (Å²) in [5.74, 6) is 1.72. The van der Waals surface area contributed by atoms with Crippen LogP contribution in [0, 0.1) is 13.8 Å². The fourth-order valence-corrected chi connectivity index (χ4v) is 2.66. The molecule has 2 aromatic rings. The van der Waals surface area contributed by atoms with E-state index in [1.807, 2.05) is 13.0 Å². The first-order chi connectivity index (χ1) is 10.2. The lowest BCUT2D eigenvalue weighted by atomic mass is 10.1. The van der Waals surface area contributed by atoms with E-state index < -0.39 is 0 Å². The third-order valence-electron chi connectivity index (χ3n) is 3.81. The minimum Gasteiger partial charge on any atom is -0.366 e. The van der Waals surface area contributed by atoms with Gasteiger partial charge >= 0.3 is 0 Å². The van der Waals surface area contributed by atoms with Gasteiger partial charge in [-0.25, -0.2) is 9.97 Å². The van der Waals surface area contributed by atoms with Gasteiger partial charge in [-0.1, -0.05) is 29.8 Å². The van der Waals surface area contributed by atoms with Gasteiger partial charge in [0, 0.05) is 29.9 Å². The lowest BCUT2D eigenvalue weighted by molar-refractivity contribution is 0.479. The van der Waals surface area contributed by atoms with E-state index in [2.05, 4.69) is 51.8 Å². The monoisotopic (exact) mass is 282 g/mol. The number of rotatable bonds is 3. The predicted molar refractivity (Wildman–Crippen MR) is 86.5 cm³/mol. The number of benzene rings is 1. The van der Waals surface area contributed by atoms with Crippen LogP contribution in [0.1, 0.15) is 24.1 Å². The highest BCUT2D eigenvalue weighted by atomic mass is 15.1. The number of aromatic nitrogens is 2. The lowest BCUT2D eigenvalue weighted by Crippen LogP contribution is -2.38. The summed E-state index contributed by atoms with van der Waals surface area (Å²) >= 11 is 0. The summed E-state index contributed by atoms with van der Waals surface area (Å²) in [6.07, 6.45) is 2.41. The molecule has 4 heteroatoms. The van der Waals surface area contributed by atoms with E-state index in [-0.39, 0.29) is 0 Å². The van der Waals surface area contributed by atoms with Crippen LogP contribution in [0.3, 0.4) is 0 Å². The smallest absolute Gasteiger partial charge is 0.161 e. The molecule has 3 rings (SSSR count). The van der Waals surface area contributed by atoms with Gasteiger partial charge in [-0.05, 0) is 33.2 Å². The molecule has 0 amide bonds. The zero-order chi connectivity index (χ0) is 14.7. The van der Waals surface area contributed by atoms with Crippen molar-refractivity contribution in [1.29, 1.82) is 0 Å². The zero-order valence-electron chi connectivity index (χ0n) is 12.7. The summed E-state index contributed by atoms with van der Waals surface area (Å²) in [5, 5.41) is 6.95. The molecule has 0 saturated carbocycles. The van der Waals surface area contributed by atoms with Crippen LogP contribution in [-0.4, -0.2) is 29.1 Å². The number of hydrogen-bond acceptors (Lipinski definition) is 4. The maximum absolute atomic E-state index is 4.68. The summed E-state index contributed by atoms with van der Waals surface area (Å²) in [6.45, 7) is 6.23. The number of piperidine rings is 1. The molecule has 4 nitrogen and oxygen atoms in total. The summed E-state index contributed by atoms with van der Waals surface area (Å²) in [6, 6.07) is 10.8. The Morgan fingerprint density at radius 3 is 2.67 bits per heavy atom. The van der Waals surface area contributed by atoms with E-state index in [0.717, 1.165) is 36.0 Å². The molecule has 1 aromatic heterocycles. The minimum atomic E-state index is 0.457. The van der Waals surface area contributed by atoms with Crippen molar-refractivity contribution in [3.63, 3.8) is 0 Å². The van der Waals surface area contributed by atoms with Gasteiger partial charge in [0.2, 0.25) is 0 Å². The third kappa shape index (κ3) is 3.58. The van der Waals surface area contributed by atoms with E-state index in [4.69, 9.17) is 0 Å². The number of aryl methyl sites for hydroxylation is 2. The van der Waals surface area contributed by atoms with E-state index >= 15 is 0 Å². The molecule has 0 radical (unpaired) electrons. The van der Waals surface area contributed by atoms with E-state index in [1.54, 1.807) is 0 Å². The largest absolute Gasteiger partial charge is 0.366 e. The summed E-state index contributed by atoms with van der Waals surface area (Å²) in [7, 11) is 0. The molecule has 1 unspecified atom stereocenters. The molecule has 2 N–H and O–H groups in total. The first-order valence-electron chi connectivity index (χ1n) is 7.61. The van der Waals surface area contributed by atoms with Crippen LogP contribution in [-0.2, 0) is 0 Å². The van der Waals surface area contributed by atoms with Crippen molar-refractivity contribution in [2.75, 3.05) is 18.4 Å². The molecule has 1 fully saturated rings. The zero-order valence-corrected chi connectivity index (χ0v) is 12.7. The molecule has 110 valence electrons. The highest BCUT2D eigenvalue weighted by Crippen LogP contribution is 2.19. The lowest BCUT2D eigenvalue weighted by Gasteiger charge is -2.24. The molecule has 1 aliphatic heterocycles. The summed E-state index contributed by atoms with van der Waals surface area (Å²) in [4.78, 5) is 9.24. The van der Waals surface area contributed by atoms with Crippen LogP contribution in [0.25, 0.3) is 11.4 Å². The molecule has 0 aliphatic carbocycles. The van der Waals surface area contributed by atoms with Gasteiger partial charge in [0.25, 0.3) is 0 Å². The SMILES string of the molecule is Cc1ccc(-c2nc(C)cc(NC3CCCNC3)n2)cc1. The van der Waals surface area contributed by atoms with Crippen molar-refractivity contribution in [2.45, 2.75) is 32.7 Å². The molecule has 0 spiro atoms. The predicted octanol–water partition coefficient (Wildman–Crippen LogP) is 2.92. The second kappa shape index (κ2) is 6.22. The van der Waals surface area contributed by atoms with Gasteiger partial charge in [0.15, 0.2) is 5.82 Å². The Morgan fingerprint density at radius 1 is 1.14 bits per heavy atom. The maximum atomic E-state index is 4.68. The maximum Gasteiger partial charge on any atom is 0.161 e. The second-order valence-electron chi connectivity index (χ2n) is 5.77. The highest BCUT2D eigenvalue weighted by molar-refractivity contribution is 5.58. The fourth-order valence-electron chi connectivity index (χ4n) is 2.66. The number of nitrogens with zero attached hydrogens (tertiary/aromatic N) is 2. The normalized spacial score (nSPS) is 18.5. The average molecular weight is 282 g/mol. The van der Waals surface area contributed by atoms with Crippen LogP contribution >= 0.6 is 0 Å². The Hall–Kier alpha value is -1.94.